The number of amides is 1. The third-order valence-electron chi connectivity index (χ3n) is 5.63. The van der Waals surface area contributed by atoms with E-state index in [0.29, 0.717) is 17.1 Å². The normalized spacial score (nSPS) is 14.6. The maximum absolute atomic E-state index is 13.1. The van der Waals surface area contributed by atoms with Crippen LogP contribution in [0.1, 0.15) is 18.1 Å². The molecular weight excluding hydrogens is 446 g/mol. The maximum atomic E-state index is 13.1. The number of hydrogen-bond donors (Lipinski definition) is 0. The second-order valence-corrected chi connectivity index (χ2v) is 10.7. The molecule has 0 saturated heterocycles. The van der Waals surface area contributed by atoms with Crippen molar-refractivity contribution < 1.29 is 4.79 Å². The third-order valence-corrected chi connectivity index (χ3v) is 8.54. The average molecular weight is 468 g/mol. The van der Waals surface area contributed by atoms with Crippen LogP contribution >= 0.6 is 34.4 Å². The van der Waals surface area contributed by atoms with Crippen molar-refractivity contribution in [2.45, 2.75) is 30.3 Å². The molecule has 0 saturated carbocycles. The first-order valence-corrected chi connectivity index (χ1v) is 12.7. The molecule has 1 amide bonds. The van der Waals surface area contributed by atoms with Gasteiger partial charge in [-0.3, -0.25) is 14.2 Å². The first-order chi connectivity index (χ1) is 15.0. The van der Waals surface area contributed by atoms with E-state index in [1.54, 1.807) is 23.0 Å². The quantitative estimate of drug-likeness (QED) is 0.320. The van der Waals surface area contributed by atoms with Crippen LogP contribution in [0.3, 0.4) is 0 Å². The fourth-order valence-corrected chi connectivity index (χ4v) is 6.68. The van der Waals surface area contributed by atoms with Crippen molar-refractivity contribution in [1.29, 1.82) is 0 Å². The number of rotatable bonds is 4. The highest BCUT2D eigenvalue weighted by Gasteiger charge is 2.27. The summed E-state index contributed by atoms with van der Waals surface area (Å²) in [6.45, 7) is 3.26. The maximum Gasteiger partial charge on any atom is 0.263 e. The topological polar surface area (TPSA) is 55.2 Å². The molecule has 0 fully saturated rings. The van der Waals surface area contributed by atoms with Crippen molar-refractivity contribution in [2.75, 3.05) is 6.54 Å². The molecule has 31 heavy (non-hydrogen) atoms. The van der Waals surface area contributed by atoms with Crippen molar-refractivity contribution in [2.24, 2.45) is 7.05 Å². The van der Waals surface area contributed by atoms with Gasteiger partial charge >= 0.3 is 0 Å². The number of carbonyl (C=O) groups excluding carboxylic acids is 1. The van der Waals surface area contributed by atoms with E-state index >= 15 is 0 Å². The van der Waals surface area contributed by atoms with Gasteiger partial charge in [-0.2, -0.15) is 0 Å². The molecule has 0 bridgehead atoms. The number of nitrogens with zero attached hydrogens (tertiary/aromatic N) is 3. The Morgan fingerprint density at radius 3 is 2.74 bits per heavy atom. The van der Waals surface area contributed by atoms with Crippen LogP contribution < -0.4 is 5.56 Å². The number of fused-ring (bicyclic) bond motifs is 2. The molecule has 1 atom stereocenters. The van der Waals surface area contributed by atoms with Crippen molar-refractivity contribution in [3.05, 3.63) is 68.6 Å². The summed E-state index contributed by atoms with van der Waals surface area (Å²) in [5.41, 5.74) is 3.41. The Hall–Kier alpha value is -2.42. The predicted molar refractivity (Wildman–Crippen MR) is 129 cm³/mol. The van der Waals surface area contributed by atoms with Crippen LogP contribution in [-0.4, -0.2) is 32.2 Å². The number of thioether (sulfide) groups is 1. The Morgan fingerprint density at radius 1 is 1.16 bits per heavy atom. The van der Waals surface area contributed by atoms with E-state index in [1.807, 2.05) is 46.8 Å². The smallest absolute Gasteiger partial charge is 0.263 e. The number of aromatic nitrogens is 2. The van der Waals surface area contributed by atoms with E-state index in [0.717, 1.165) is 28.2 Å². The van der Waals surface area contributed by atoms with Gasteiger partial charge in [0, 0.05) is 36.0 Å². The molecule has 0 spiro atoms. The van der Waals surface area contributed by atoms with Crippen LogP contribution in [0.25, 0.3) is 20.7 Å². The first kappa shape index (κ1) is 20.5. The molecule has 4 heterocycles. The summed E-state index contributed by atoms with van der Waals surface area (Å²) in [5, 5.41) is 4.92. The van der Waals surface area contributed by atoms with Crippen LogP contribution in [0.15, 0.2) is 57.1 Å². The van der Waals surface area contributed by atoms with E-state index in [4.69, 9.17) is 4.98 Å². The highest BCUT2D eigenvalue weighted by atomic mass is 32.2. The van der Waals surface area contributed by atoms with Gasteiger partial charge in [0.2, 0.25) is 5.91 Å². The fraction of sp³-hybridized carbons (Fsp3) is 0.261. The van der Waals surface area contributed by atoms with Gasteiger partial charge in [0.05, 0.1) is 10.6 Å². The zero-order chi connectivity index (χ0) is 21.5. The van der Waals surface area contributed by atoms with E-state index in [2.05, 4.69) is 12.1 Å². The Bertz CT molecular complexity index is 1320. The van der Waals surface area contributed by atoms with E-state index in [-0.39, 0.29) is 16.7 Å². The predicted octanol–water partition coefficient (Wildman–Crippen LogP) is 4.79. The van der Waals surface area contributed by atoms with Crippen LogP contribution in [0.4, 0.5) is 0 Å². The van der Waals surface area contributed by atoms with Gasteiger partial charge in [0.1, 0.15) is 4.83 Å². The second-order valence-electron chi connectivity index (χ2n) is 7.60. The van der Waals surface area contributed by atoms with Gasteiger partial charge in [0.25, 0.3) is 5.56 Å². The molecule has 4 aromatic rings. The first-order valence-electron chi connectivity index (χ1n) is 10.1. The van der Waals surface area contributed by atoms with E-state index in [1.165, 1.54) is 34.2 Å². The minimum atomic E-state index is -0.322. The van der Waals surface area contributed by atoms with E-state index < -0.39 is 0 Å². The Labute approximate surface area is 192 Å². The second kappa shape index (κ2) is 8.26. The van der Waals surface area contributed by atoms with Gasteiger partial charge in [-0.25, -0.2) is 4.98 Å². The molecule has 1 unspecified atom stereocenters. The number of carbonyl (C=O) groups is 1. The van der Waals surface area contributed by atoms with Crippen LogP contribution in [0, 0.1) is 0 Å². The zero-order valence-corrected chi connectivity index (χ0v) is 19.6. The van der Waals surface area contributed by atoms with Gasteiger partial charge in [-0.15, -0.1) is 22.7 Å². The Kier molecular flexibility index (Phi) is 5.45. The lowest BCUT2D eigenvalue weighted by Gasteiger charge is -2.30. The summed E-state index contributed by atoms with van der Waals surface area (Å²) in [5.74, 6) is 0.0827. The minimum Gasteiger partial charge on any atom is -0.337 e. The fourth-order valence-electron chi connectivity index (χ4n) is 3.92. The minimum absolute atomic E-state index is 0.0660. The highest BCUT2D eigenvalue weighted by molar-refractivity contribution is 8.00. The lowest BCUT2D eigenvalue weighted by atomic mass is 10.00. The molecule has 5 nitrogen and oxygen atoms in total. The van der Waals surface area contributed by atoms with Crippen molar-refractivity contribution >= 4 is 50.6 Å². The number of thiophene rings is 2. The molecular formula is C23H21N3O2S3. The molecule has 3 aromatic heterocycles. The van der Waals surface area contributed by atoms with Crippen molar-refractivity contribution in [3.8, 4) is 10.4 Å². The summed E-state index contributed by atoms with van der Waals surface area (Å²) in [7, 11) is 1.74. The lowest BCUT2D eigenvalue weighted by molar-refractivity contribution is -0.131. The van der Waals surface area contributed by atoms with Crippen LogP contribution in [0.5, 0.6) is 0 Å². The summed E-state index contributed by atoms with van der Waals surface area (Å²) < 4.78 is 1.58. The molecule has 1 aliphatic heterocycles. The van der Waals surface area contributed by atoms with Crippen LogP contribution in [-0.2, 0) is 24.8 Å². The number of benzene rings is 1. The van der Waals surface area contributed by atoms with Gasteiger partial charge < -0.3 is 4.90 Å². The number of hydrogen-bond acceptors (Lipinski definition) is 6. The SMILES string of the molecule is CC(Sc1nc2scc(-c3cccs3)c2c(=O)n1C)C(=O)N1CCc2ccccc2C1. The third kappa shape index (κ3) is 3.73. The van der Waals surface area contributed by atoms with Crippen molar-refractivity contribution in [3.63, 3.8) is 0 Å². The largest absolute Gasteiger partial charge is 0.337 e. The summed E-state index contributed by atoms with van der Waals surface area (Å²) in [6, 6.07) is 12.3. The van der Waals surface area contributed by atoms with Gasteiger partial charge in [-0.05, 0) is 35.9 Å². The highest BCUT2D eigenvalue weighted by Crippen LogP contribution is 2.35. The van der Waals surface area contributed by atoms with E-state index in [9.17, 15) is 9.59 Å². The molecule has 0 aliphatic carbocycles. The zero-order valence-electron chi connectivity index (χ0n) is 17.2. The molecule has 1 aliphatic rings. The van der Waals surface area contributed by atoms with Gasteiger partial charge in [0.15, 0.2) is 5.16 Å². The Balaban J connectivity index is 1.40. The Morgan fingerprint density at radius 2 is 1.97 bits per heavy atom. The monoisotopic (exact) mass is 467 g/mol. The average Bonchev–Trinajstić information content (AvgIpc) is 3.46. The summed E-state index contributed by atoms with van der Waals surface area (Å²) in [6.07, 6.45) is 0.878. The van der Waals surface area contributed by atoms with Gasteiger partial charge in [-0.1, -0.05) is 42.1 Å². The molecule has 158 valence electrons. The molecule has 0 radical (unpaired) electrons. The molecule has 1 aromatic carbocycles. The molecule has 5 rings (SSSR count). The summed E-state index contributed by atoms with van der Waals surface area (Å²) >= 11 is 4.45. The van der Waals surface area contributed by atoms with Crippen LogP contribution in [0.2, 0.25) is 0 Å². The standard InChI is InChI=1S/C23H21N3O2S3/c1-14(21(27)26-10-9-15-6-3-4-7-16(15)12-26)31-23-24-20-19(22(28)25(23)2)17(13-30-20)18-8-5-11-29-18/h3-8,11,13-14H,9-10,12H2,1-2H3. The molecule has 0 N–H and O–H groups in total. The molecule has 8 heteroatoms. The summed E-state index contributed by atoms with van der Waals surface area (Å²) in [4.78, 5) is 34.7. The van der Waals surface area contributed by atoms with Crippen molar-refractivity contribution in [1.82, 2.24) is 14.5 Å². The lowest BCUT2D eigenvalue weighted by Crippen LogP contribution is -2.40.